The molecule has 1 aromatic rings. The van der Waals surface area contributed by atoms with E-state index in [9.17, 15) is 13.2 Å². The molecule has 2 amide bonds. The molecule has 1 aliphatic rings. The third-order valence-electron chi connectivity index (χ3n) is 3.74. The van der Waals surface area contributed by atoms with Gasteiger partial charge in [-0.25, -0.2) is 18.4 Å². The van der Waals surface area contributed by atoms with Gasteiger partial charge in [0.05, 0.1) is 15.6 Å². The number of anilines is 1. The van der Waals surface area contributed by atoms with Crippen molar-refractivity contribution in [2.75, 3.05) is 5.32 Å². The van der Waals surface area contributed by atoms with Crippen molar-refractivity contribution in [3.63, 3.8) is 0 Å². The van der Waals surface area contributed by atoms with Gasteiger partial charge in [-0.3, -0.25) is 0 Å². The molecule has 2 rings (SSSR count). The van der Waals surface area contributed by atoms with Crippen molar-refractivity contribution in [2.45, 2.75) is 43.5 Å². The normalized spacial score (nSPS) is 16.4. The summed E-state index contributed by atoms with van der Waals surface area (Å²) in [7, 11) is -3.86. The van der Waals surface area contributed by atoms with Crippen LogP contribution in [-0.2, 0) is 10.0 Å². The Hall–Kier alpha value is -1.57. The summed E-state index contributed by atoms with van der Waals surface area (Å²) in [5.74, 6) is 0. The van der Waals surface area contributed by atoms with E-state index in [2.05, 4.69) is 16.7 Å². The number of nitrogens with two attached hydrogens (primary N) is 1. The minimum Gasteiger partial charge on any atom is -0.332 e. The monoisotopic (exact) mass is 357 g/mol. The molecular weight excluding hydrogens is 338 g/mol. The zero-order chi connectivity index (χ0) is 17.0. The Labute approximate surface area is 141 Å². The summed E-state index contributed by atoms with van der Waals surface area (Å²) in [6.07, 6.45) is 6.47. The van der Waals surface area contributed by atoms with Crippen LogP contribution in [0.1, 0.15) is 32.6 Å². The standard InChI is InChI=1S/C15H20ClN3O3S/c1-10(11-5-3-2-4-6-11)18-15(20)19-14-9-12(23(17,21)22)7-8-13(14)16/h5,7-10H,2-4,6H2,1H3,(H2,17,21,22)(H2,18,19,20). The fourth-order valence-electron chi connectivity index (χ4n) is 2.48. The zero-order valence-corrected chi connectivity index (χ0v) is 14.4. The molecular formula is C15H20ClN3O3S. The number of halogens is 1. The average Bonchev–Trinajstić information content (AvgIpc) is 2.49. The van der Waals surface area contributed by atoms with E-state index in [1.807, 2.05) is 6.92 Å². The largest absolute Gasteiger partial charge is 0.332 e. The molecule has 1 atom stereocenters. The highest BCUT2D eigenvalue weighted by Crippen LogP contribution is 2.25. The Morgan fingerprint density at radius 3 is 2.70 bits per heavy atom. The van der Waals surface area contributed by atoms with Gasteiger partial charge in [-0.15, -0.1) is 0 Å². The first-order valence-electron chi connectivity index (χ1n) is 7.36. The lowest BCUT2D eigenvalue weighted by molar-refractivity contribution is 0.250. The molecule has 126 valence electrons. The number of urea groups is 1. The number of primary sulfonamides is 1. The highest BCUT2D eigenvalue weighted by atomic mass is 35.5. The molecule has 1 unspecified atom stereocenters. The van der Waals surface area contributed by atoms with Crippen LogP contribution in [0.25, 0.3) is 0 Å². The smallest absolute Gasteiger partial charge is 0.319 e. The molecule has 0 spiro atoms. The van der Waals surface area contributed by atoms with Gasteiger partial charge in [-0.05, 0) is 50.8 Å². The molecule has 0 radical (unpaired) electrons. The summed E-state index contributed by atoms with van der Waals surface area (Å²) in [6, 6.07) is 3.37. The second-order valence-electron chi connectivity index (χ2n) is 5.53. The van der Waals surface area contributed by atoms with E-state index in [0.717, 1.165) is 19.3 Å². The molecule has 6 nitrogen and oxygen atoms in total. The molecule has 0 fully saturated rings. The number of amides is 2. The molecule has 0 aromatic heterocycles. The molecule has 0 aliphatic heterocycles. The van der Waals surface area contributed by atoms with Crippen molar-refractivity contribution in [3.8, 4) is 0 Å². The van der Waals surface area contributed by atoms with Crippen molar-refractivity contribution >= 4 is 33.3 Å². The minimum absolute atomic E-state index is 0.0875. The van der Waals surface area contributed by atoms with E-state index in [4.69, 9.17) is 16.7 Å². The number of benzene rings is 1. The van der Waals surface area contributed by atoms with Crippen LogP contribution in [0.2, 0.25) is 5.02 Å². The molecule has 0 saturated carbocycles. The Kier molecular flexibility index (Phi) is 5.67. The van der Waals surface area contributed by atoms with Gasteiger partial charge in [0.2, 0.25) is 10.0 Å². The van der Waals surface area contributed by atoms with Gasteiger partial charge in [0.25, 0.3) is 0 Å². The second-order valence-corrected chi connectivity index (χ2v) is 7.50. The number of allylic oxidation sites excluding steroid dienone is 1. The summed E-state index contributed by atoms with van der Waals surface area (Å²) in [5, 5.41) is 10.7. The number of sulfonamides is 1. The van der Waals surface area contributed by atoms with Crippen molar-refractivity contribution in [3.05, 3.63) is 34.9 Å². The lowest BCUT2D eigenvalue weighted by Crippen LogP contribution is -2.37. The van der Waals surface area contributed by atoms with Crippen LogP contribution in [0.5, 0.6) is 0 Å². The maximum atomic E-state index is 12.1. The Balaban J connectivity index is 2.06. The molecule has 0 bridgehead atoms. The summed E-state index contributed by atoms with van der Waals surface area (Å²) in [6.45, 7) is 1.92. The minimum atomic E-state index is -3.86. The lowest BCUT2D eigenvalue weighted by atomic mass is 9.95. The first-order chi connectivity index (χ1) is 10.8. The summed E-state index contributed by atoms with van der Waals surface area (Å²) >= 11 is 5.99. The number of rotatable bonds is 4. The van der Waals surface area contributed by atoms with E-state index >= 15 is 0 Å². The number of nitrogens with one attached hydrogen (secondary N) is 2. The van der Waals surface area contributed by atoms with Crippen molar-refractivity contribution in [2.24, 2.45) is 5.14 Å². The van der Waals surface area contributed by atoms with Crippen LogP contribution < -0.4 is 15.8 Å². The quantitative estimate of drug-likeness (QED) is 0.722. The van der Waals surface area contributed by atoms with Gasteiger partial charge < -0.3 is 10.6 Å². The van der Waals surface area contributed by atoms with E-state index in [-0.39, 0.29) is 21.6 Å². The number of hydrogen-bond donors (Lipinski definition) is 3. The highest BCUT2D eigenvalue weighted by molar-refractivity contribution is 7.89. The van der Waals surface area contributed by atoms with Crippen molar-refractivity contribution in [1.29, 1.82) is 0 Å². The van der Waals surface area contributed by atoms with Crippen LogP contribution in [0.4, 0.5) is 10.5 Å². The third kappa shape index (κ3) is 4.95. The highest BCUT2D eigenvalue weighted by Gasteiger charge is 2.16. The van der Waals surface area contributed by atoms with Gasteiger partial charge >= 0.3 is 6.03 Å². The predicted octanol–water partition coefficient (Wildman–Crippen LogP) is 3.00. The summed E-state index contributed by atoms with van der Waals surface area (Å²) in [5.41, 5.74) is 1.40. The fourth-order valence-corrected chi connectivity index (χ4v) is 3.19. The van der Waals surface area contributed by atoms with Crippen LogP contribution in [0.15, 0.2) is 34.7 Å². The molecule has 0 saturated heterocycles. The topological polar surface area (TPSA) is 101 Å². The van der Waals surface area contributed by atoms with Crippen molar-refractivity contribution in [1.82, 2.24) is 5.32 Å². The van der Waals surface area contributed by atoms with Gasteiger partial charge in [-0.1, -0.05) is 23.3 Å². The second kappa shape index (κ2) is 7.33. The van der Waals surface area contributed by atoms with Crippen LogP contribution in [-0.4, -0.2) is 20.5 Å². The van der Waals surface area contributed by atoms with Crippen LogP contribution in [0, 0.1) is 0 Å². The van der Waals surface area contributed by atoms with E-state index < -0.39 is 16.1 Å². The van der Waals surface area contributed by atoms with E-state index in [1.54, 1.807) is 0 Å². The maximum absolute atomic E-state index is 12.1. The average molecular weight is 358 g/mol. The summed E-state index contributed by atoms with van der Waals surface area (Å²) < 4.78 is 22.7. The zero-order valence-electron chi connectivity index (χ0n) is 12.8. The summed E-state index contributed by atoms with van der Waals surface area (Å²) in [4.78, 5) is 12.0. The molecule has 0 heterocycles. The fraction of sp³-hybridized carbons (Fsp3) is 0.400. The Bertz CT molecular complexity index is 731. The third-order valence-corrected chi connectivity index (χ3v) is 4.99. The maximum Gasteiger partial charge on any atom is 0.319 e. The van der Waals surface area contributed by atoms with Gasteiger partial charge in [0, 0.05) is 6.04 Å². The van der Waals surface area contributed by atoms with Gasteiger partial charge in [-0.2, -0.15) is 0 Å². The van der Waals surface area contributed by atoms with Crippen LogP contribution >= 0.6 is 11.6 Å². The number of carbonyl (C=O) groups is 1. The van der Waals surface area contributed by atoms with Crippen LogP contribution in [0.3, 0.4) is 0 Å². The molecule has 1 aromatic carbocycles. The Morgan fingerprint density at radius 1 is 1.35 bits per heavy atom. The Morgan fingerprint density at radius 2 is 2.09 bits per heavy atom. The van der Waals surface area contributed by atoms with Crippen molar-refractivity contribution < 1.29 is 13.2 Å². The molecule has 4 N–H and O–H groups in total. The van der Waals surface area contributed by atoms with Gasteiger partial charge in [0.1, 0.15) is 0 Å². The van der Waals surface area contributed by atoms with E-state index in [0.29, 0.717) is 0 Å². The first kappa shape index (κ1) is 17.8. The number of carbonyl (C=O) groups excluding carboxylic acids is 1. The SMILES string of the molecule is CC(NC(=O)Nc1cc(S(N)(=O)=O)ccc1Cl)C1=CCCCC1. The first-order valence-corrected chi connectivity index (χ1v) is 9.28. The number of hydrogen-bond acceptors (Lipinski definition) is 3. The predicted molar refractivity (Wildman–Crippen MR) is 91.0 cm³/mol. The molecule has 23 heavy (non-hydrogen) atoms. The lowest BCUT2D eigenvalue weighted by Gasteiger charge is -2.21. The molecule has 8 heteroatoms. The van der Waals surface area contributed by atoms with E-state index in [1.165, 1.54) is 30.2 Å². The van der Waals surface area contributed by atoms with Gasteiger partial charge in [0.15, 0.2) is 0 Å². The molecule has 1 aliphatic carbocycles.